The van der Waals surface area contributed by atoms with Crippen LogP contribution in [0, 0.1) is 6.92 Å². The molecule has 2 aromatic carbocycles. The number of rotatable bonds is 7. The molecule has 1 fully saturated rings. The lowest BCUT2D eigenvalue weighted by Gasteiger charge is -2.12. The third-order valence-electron chi connectivity index (χ3n) is 4.77. The number of carbonyl (C=O) groups excluding carboxylic acids is 1. The molecule has 2 heterocycles. The summed E-state index contributed by atoms with van der Waals surface area (Å²) in [7, 11) is 1.60. The SMILES string of the molecule is COc1cc(/C=C2\SC(=S)N(Cc3ccco3)C2=O)ccc1OCc1ccc(C)cc1. The van der Waals surface area contributed by atoms with Crippen molar-refractivity contribution in [2.24, 2.45) is 0 Å². The molecule has 0 spiro atoms. The van der Waals surface area contributed by atoms with E-state index in [-0.39, 0.29) is 5.91 Å². The monoisotopic (exact) mass is 451 g/mol. The lowest BCUT2D eigenvalue weighted by atomic mass is 10.1. The van der Waals surface area contributed by atoms with E-state index in [1.165, 1.54) is 17.3 Å². The number of carbonyl (C=O) groups is 1. The highest BCUT2D eigenvalue weighted by Crippen LogP contribution is 2.35. The normalized spacial score (nSPS) is 15.0. The Morgan fingerprint density at radius 1 is 1.13 bits per heavy atom. The van der Waals surface area contributed by atoms with Crippen molar-refractivity contribution in [2.45, 2.75) is 20.1 Å². The molecule has 0 saturated carbocycles. The van der Waals surface area contributed by atoms with Gasteiger partial charge < -0.3 is 13.9 Å². The highest BCUT2D eigenvalue weighted by atomic mass is 32.2. The molecule has 1 amide bonds. The Labute approximate surface area is 190 Å². The van der Waals surface area contributed by atoms with Gasteiger partial charge in [-0.2, -0.15) is 0 Å². The molecule has 0 N–H and O–H groups in total. The predicted octanol–water partition coefficient (Wildman–Crippen LogP) is 5.58. The number of aryl methyl sites for hydroxylation is 1. The molecule has 0 radical (unpaired) electrons. The Morgan fingerprint density at radius 2 is 1.94 bits per heavy atom. The number of benzene rings is 2. The van der Waals surface area contributed by atoms with Crippen molar-refractivity contribution in [3.8, 4) is 11.5 Å². The van der Waals surface area contributed by atoms with Crippen LogP contribution >= 0.6 is 24.0 Å². The summed E-state index contributed by atoms with van der Waals surface area (Å²) in [5.74, 6) is 1.80. The van der Waals surface area contributed by atoms with Gasteiger partial charge in [-0.25, -0.2) is 0 Å². The Balaban J connectivity index is 1.48. The van der Waals surface area contributed by atoms with Crippen LogP contribution in [0.1, 0.15) is 22.5 Å². The first-order chi connectivity index (χ1) is 15.0. The first kappa shape index (κ1) is 21.2. The van der Waals surface area contributed by atoms with Gasteiger partial charge >= 0.3 is 0 Å². The molecule has 1 aliphatic rings. The van der Waals surface area contributed by atoms with Crippen LogP contribution in [0.15, 0.2) is 70.2 Å². The van der Waals surface area contributed by atoms with Gasteiger partial charge in [-0.1, -0.05) is 59.9 Å². The van der Waals surface area contributed by atoms with Gasteiger partial charge in [-0.15, -0.1) is 0 Å². The average molecular weight is 452 g/mol. The number of thioether (sulfide) groups is 1. The zero-order valence-electron chi connectivity index (χ0n) is 17.2. The fourth-order valence-corrected chi connectivity index (χ4v) is 4.34. The zero-order valence-corrected chi connectivity index (χ0v) is 18.8. The van der Waals surface area contributed by atoms with Gasteiger partial charge in [0, 0.05) is 0 Å². The van der Waals surface area contributed by atoms with Crippen molar-refractivity contribution < 1.29 is 18.7 Å². The molecular weight excluding hydrogens is 430 g/mol. The topological polar surface area (TPSA) is 51.9 Å². The first-order valence-electron chi connectivity index (χ1n) is 9.67. The van der Waals surface area contributed by atoms with E-state index in [0.29, 0.717) is 39.6 Å². The molecule has 158 valence electrons. The van der Waals surface area contributed by atoms with Gasteiger partial charge in [0.2, 0.25) is 0 Å². The molecule has 0 unspecified atom stereocenters. The second kappa shape index (κ2) is 9.41. The number of ether oxygens (including phenoxy) is 2. The number of amides is 1. The van der Waals surface area contributed by atoms with Crippen molar-refractivity contribution in [1.29, 1.82) is 0 Å². The van der Waals surface area contributed by atoms with Gasteiger partial charge in [0.15, 0.2) is 11.5 Å². The fraction of sp³-hybridized carbons (Fsp3) is 0.167. The Hall–Kier alpha value is -3.03. The summed E-state index contributed by atoms with van der Waals surface area (Å²) in [6, 6.07) is 17.4. The minimum Gasteiger partial charge on any atom is -0.493 e. The molecule has 0 atom stereocenters. The quantitative estimate of drug-likeness (QED) is 0.345. The van der Waals surface area contributed by atoms with Crippen LogP contribution in [-0.4, -0.2) is 22.2 Å². The van der Waals surface area contributed by atoms with Crippen LogP contribution in [0.25, 0.3) is 6.08 Å². The number of nitrogens with zero attached hydrogens (tertiary/aromatic N) is 1. The summed E-state index contributed by atoms with van der Waals surface area (Å²) in [5, 5.41) is 0. The van der Waals surface area contributed by atoms with E-state index in [1.54, 1.807) is 24.3 Å². The minimum absolute atomic E-state index is 0.134. The van der Waals surface area contributed by atoms with Gasteiger partial charge in [0.1, 0.15) is 16.7 Å². The molecule has 0 aliphatic carbocycles. The summed E-state index contributed by atoms with van der Waals surface area (Å²) in [4.78, 5) is 14.9. The molecule has 4 rings (SSSR count). The maximum atomic E-state index is 12.8. The standard InChI is InChI=1S/C24H21NO4S2/c1-16-5-7-17(8-6-16)15-29-20-10-9-18(12-21(20)27-2)13-22-23(26)25(24(30)31-22)14-19-4-3-11-28-19/h3-13H,14-15H2,1-2H3/b22-13-. The second-order valence-corrected chi connectivity index (χ2v) is 8.71. The molecule has 1 aliphatic heterocycles. The number of hydrogen-bond acceptors (Lipinski definition) is 6. The molecule has 31 heavy (non-hydrogen) atoms. The molecule has 3 aromatic rings. The average Bonchev–Trinajstić information content (AvgIpc) is 3.38. The Kier molecular flexibility index (Phi) is 6.44. The van der Waals surface area contributed by atoms with Crippen molar-refractivity contribution in [3.63, 3.8) is 0 Å². The highest BCUT2D eigenvalue weighted by Gasteiger charge is 2.32. The largest absolute Gasteiger partial charge is 0.493 e. The number of furan rings is 1. The Bertz CT molecular complexity index is 1120. The number of methoxy groups -OCH3 is 1. The zero-order chi connectivity index (χ0) is 21.8. The van der Waals surface area contributed by atoms with E-state index < -0.39 is 0 Å². The lowest BCUT2D eigenvalue weighted by Crippen LogP contribution is -2.27. The molecule has 5 nitrogen and oxygen atoms in total. The fourth-order valence-electron chi connectivity index (χ4n) is 3.08. The van der Waals surface area contributed by atoms with Crippen molar-refractivity contribution >= 4 is 40.3 Å². The van der Waals surface area contributed by atoms with Crippen LogP contribution in [0.4, 0.5) is 0 Å². The highest BCUT2D eigenvalue weighted by molar-refractivity contribution is 8.26. The summed E-state index contributed by atoms with van der Waals surface area (Å²) >= 11 is 6.66. The Morgan fingerprint density at radius 3 is 2.65 bits per heavy atom. The van der Waals surface area contributed by atoms with Crippen molar-refractivity contribution in [2.75, 3.05) is 7.11 Å². The van der Waals surface area contributed by atoms with Crippen LogP contribution in [0.3, 0.4) is 0 Å². The smallest absolute Gasteiger partial charge is 0.266 e. The van der Waals surface area contributed by atoms with E-state index in [0.717, 1.165) is 11.1 Å². The van der Waals surface area contributed by atoms with Crippen molar-refractivity contribution in [3.05, 3.63) is 88.2 Å². The summed E-state index contributed by atoms with van der Waals surface area (Å²) in [6.07, 6.45) is 3.39. The van der Waals surface area contributed by atoms with E-state index in [9.17, 15) is 4.79 Å². The third kappa shape index (κ3) is 5.00. The van der Waals surface area contributed by atoms with Crippen molar-refractivity contribution in [1.82, 2.24) is 4.90 Å². The van der Waals surface area contributed by atoms with Gasteiger partial charge in [-0.3, -0.25) is 9.69 Å². The molecule has 0 bridgehead atoms. The van der Waals surface area contributed by atoms with E-state index >= 15 is 0 Å². The number of thiocarbonyl (C=S) groups is 1. The predicted molar refractivity (Wildman–Crippen MR) is 126 cm³/mol. The summed E-state index contributed by atoms with van der Waals surface area (Å²) in [6.45, 7) is 2.82. The first-order valence-corrected chi connectivity index (χ1v) is 10.9. The third-order valence-corrected chi connectivity index (χ3v) is 6.15. The van der Waals surface area contributed by atoms with Gasteiger partial charge in [-0.05, 0) is 48.4 Å². The van der Waals surface area contributed by atoms with Crippen LogP contribution < -0.4 is 9.47 Å². The van der Waals surface area contributed by atoms with Crippen LogP contribution in [-0.2, 0) is 17.9 Å². The molecule has 7 heteroatoms. The lowest BCUT2D eigenvalue weighted by molar-refractivity contribution is -0.122. The maximum Gasteiger partial charge on any atom is 0.266 e. The van der Waals surface area contributed by atoms with E-state index in [4.69, 9.17) is 26.1 Å². The summed E-state index contributed by atoms with van der Waals surface area (Å²) < 4.78 is 17.3. The molecular formula is C24H21NO4S2. The van der Waals surface area contributed by atoms with Gasteiger partial charge in [0.05, 0.1) is 24.8 Å². The van der Waals surface area contributed by atoms with Crippen LogP contribution in [0.2, 0.25) is 0 Å². The number of hydrogen-bond donors (Lipinski definition) is 0. The molecule has 1 saturated heterocycles. The minimum atomic E-state index is -0.134. The second-order valence-electron chi connectivity index (χ2n) is 7.03. The van der Waals surface area contributed by atoms with E-state index in [1.807, 2.05) is 42.5 Å². The van der Waals surface area contributed by atoms with Gasteiger partial charge in [0.25, 0.3) is 5.91 Å². The van der Waals surface area contributed by atoms with Crippen LogP contribution in [0.5, 0.6) is 11.5 Å². The summed E-state index contributed by atoms with van der Waals surface area (Å²) in [5.41, 5.74) is 3.12. The van der Waals surface area contributed by atoms with E-state index in [2.05, 4.69) is 19.1 Å². The molecule has 1 aromatic heterocycles. The maximum absolute atomic E-state index is 12.8.